The Balaban J connectivity index is 2.52. The van der Waals surface area contributed by atoms with Gasteiger partial charge in [-0.15, -0.1) is 0 Å². The van der Waals surface area contributed by atoms with Gasteiger partial charge in [0, 0.05) is 23.7 Å². The quantitative estimate of drug-likeness (QED) is 0.829. The van der Waals surface area contributed by atoms with Crippen LogP contribution in [0.2, 0.25) is 0 Å². The van der Waals surface area contributed by atoms with Crippen LogP contribution in [-0.2, 0) is 0 Å². The third kappa shape index (κ3) is 1.96. The lowest BCUT2D eigenvalue weighted by atomic mass is 10.2. The molecule has 0 aliphatic carbocycles. The molecule has 78 valence electrons. The number of fused-ring (bicyclic) bond motifs is 1. The molecule has 1 aromatic carbocycles. The number of pyridine rings is 1. The molecule has 5 heteroatoms. The molecule has 1 aromatic heterocycles. The van der Waals surface area contributed by atoms with Gasteiger partial charge >= 0.3 is 6.61 Å². The largest absolute Gasteiger partial charge is 0.507 e. The molecule has 0 radical (unpaired) electrons. The Morgan fingerprint density at radius 2 is 2.13 bits per heavy atom. The van der Waals surface area contributed by atoms with Gasteiger partial charge in [0.1, 0.15) is 11.5 Å². The minimum atomic E-state index is -2.91. The number of alkyl halides is 2. The molecule has 0 amide bonds. The van der Waals surface area contributed by atoms with Crippen molar-refractivity contribution >= 4 is 10.9 Å². The number of nitrogens with zero attached hydrogens (tertiary/aromatic N) is 1. The van der Waals surface area contributed by atoms with Crippen LogP contribution in [0.5, 0.6) is 11.5 Å². The molecule has 1 N–H and O–H groups in total. The van der Waals surface area contributed by atoms with Crippen molar-refractivity contribution in [1.29, 1.82) is 0 Å². The van der Waals surface area contributed by atoms with Crippen LogP contribution in [0.25, 0.3) is 10.9 Å². The number of phenolic OH excluding ortho intramolecular Hbond substituents is 1. The maximum atomic E-state index is 11.9. The minimum absolute atomic E-state index is 0.103. The van der Waals surface area contributed by atoms with Crippen LogP contribution in [0.1, 0.15) is 0 Å². The van der Waals surface area contributed by atoms with Crippen LogP contribution >= 0.6 is 0 Å². The van der Waals surface area contributed by atoms with E-state index in [2.05, 4.69) is 9.72 Å². The van der Waals surface area contributed by atoms with Crippen molar-refractivity contribution in [3.05, 3.63) is 30.5 Å². The van der Waals surface area contributed by atoms with Gasteiger partial charge in [-0.2, -0.15) is 8.78 Å². The lowest BCUT2D eigenvalue weighted by molar-refractivity contribution is -0.0498. The Morgan fingerprint density at radius 3 is 2.87 bits per heavy atom. The number of benzene rings is 1. The Kier molecular flexibility index (Phi) is 2.37. The van der Waals surface area contributed by atoms with E-state index in [1.165, 1.54) is 12.3 Å². The molecule has 0 fully saturated rings. The fourth-order valence-electron chi connectivity index (χ4n) is 1.31. The third-order valence-electron chi connectivity index (χ3n) is 1.90. The van der Waals surface area contributed by atoms with Crippen molar-refractivity contribution in [2.45, 2.75) is 6.61 Å². The number of hydrogen-bond acceptors (Lipinski definition) is 3. The van der Waals surface area contributed by atoms with Crippen molar-refractivity contribution in [2.24, 2.45) is 0 Å². The van der Waals surface area contributed by atoms with E-state index in [4.69, 9.17) is 0 Å². The van der Waals surface area contributed by atoms with Crippen LogP contribution in [0.4, 0.5) is 8.78 Å². The molecule has 0 spiro atoms. The highest BCUT2D eigenvalue weighted by molar-refractivity contribution is 5.86. The summed E-state index contributed by atoms with van der Waals surface area (Å²) >= 11 is 0. The molecule has 0 unspecified atom stereocenters. The van der Waals surface area contributed by atoms with Crippen LogP contribution in [-0.4, -0.2) is 16.7 Å². The molecule has 0 aliphatic heterocycles. The van der Waals surface area contributed by atoms with E-state index in [9.17, 15) is 13.9 Å². The van der Waals surface area contributed by atoms with Gasteiger partial charge in [-0.1, -0.05) is 0 Å². The zero-order chi connectivity index (χ0) is 10.8. The van der Waals surface area contributed by atoms with E-state index in [1.54, 1.807) is 12.1 Å². The molecular formula is C10H7F2NO2. The second-order valence-corrected chi connectivity index (χ2v) is 2.89. The molecule has 0 bridgehead atoms. The summed E-state index contributed by atoms with van der Waals surface area (Å²) in [4.78, 5) is 3.93. The number of rotatable bonds is 2. The van der Waals surface area contributed by atoms with Crippen molar-refractivity contribution in [1.82, 2.24) is 4.98 Å². The van der Waals surface area contributed by atoms with Crippen LogP contribution in [0, 0.1) is 0 Å². The number of phenols is 1. The average Bonchev–Trinajstić information content (AvgIpc) is 2.16. The molecule has 0 atom stereocenters. The van der Waals surface area contributed by atoms with Gasteiger partial charge in [0.25, 0.3) is 0 Å². The predicted molar refractivity (Wildman–Crippen MR) is 50.0 cm³/mol. The van der Waals surface area contributed by atoms with Crippen molar-refractivity contribution in [3.8, 4) is 11.5 Å². The number of hydrogen-bond donors (Lipinski definition) is 1. The normalized spacial score (nSPS) is 10.9. The molecule has 0 aliphatic rings. The molecule has 2 aromatic rings. The molecule has 1 heterocycles. The second kappa shape index (κ2) is 3.68. The van der Waals surface area contributed by atoms with Crippen LogP contribution in [0.15, 0.2) is 30.5 Å². The number of ether oxygens (including phenoxy) is 1. The molecule has 2 rings (SSSR count). The summed E-state index contributed by atoms with van der Waals surface area (Å²) in [5, 5.41) is 10.00. The molecule has 0 saturated carbocycles. The zero-order valence-corrected chi connectivity index (χ0v) is 7.52. The van der Waals surface area contributed by atoms with Crippen molar-refractivity contribution in [2.75, 3.05) is 0 Å². The first-order chi connectivity index (χ1) is 7.16. The highest BCUT2D eigenvalue weighted by Gasteiger charge is 2.08. The lowest BCUT2D eigenvalue weighted by Crippen LogP contribution is -2.01. The van der Waals surface area contributed by atoms with Gasteiger partial charge in [0.15, 0.2) is 0 Å². The van der Waals surface area contributed by atoms with Crippen LogP contribution < -0.4 is 4.74 Å². The first-order valence-electron chi connectivity index (χ1n) is 4.19. The fraction of sp³-hybridized carbons (Fsp3) is 0.100. The summed E-state index contributed by atoms with van der Waals surface area (Å²) in [7, 11) is 0. The highest BCUT2D eigenvalue weighted by atomic mass is 19.3. The van der Waals surface area contributed by atoms with Gasteiger partial charge in [0.05, 0.1) is 5.52 Å². The van der Waals surface area contributed by atoms with Gasteiger partial charge in [-0.05, 0) is 12.1 Å². The van der Waals surface area contributed by atoms with Gasteiger partial charge in [-0.25, -0.2) is 0 Å². The lowest BCUT2D eigenvalue weighted by Gasteiger charge is -2.06. The third-order valence-corrected chi connectivity index (χ3v) is 1.90. The van der Waals surface area contributed by atoms with Gasteiger partial charge in [-0.3, -0.25) is 4.98 Å². The van der Waals surface area contributed by atoms with Crippen molar-refractivity contribution in [3.63, 3.8) is 0 Å². The SMILES string of the molecule is Oc1cc(OC(F)F)cc2ncccc12. The first-order valence-corrected chi connectivity index (χ1v) is 4.19. The van der Waals surface area contributed by atoms with E-state index in [0.29, 0.717) is 10.9 Å². The summed E-state index contributed by atoms with van der Waals surface area (Å²) in [6.07, 6.45) is 1.51. The van der Waals surface area contributed by atoms with E-state index >= 15 is 0 Å². The Labute approximate surface area is 83.9 Å². The number of aromatic nitrogens is 1. The van der Waals surface area contributed by atoms with E-state index in [0.717, 1.165) is 6.07 Å². The number of halogens is 2. The summed E-state index contributed by atoms with van der Waals surface area (Å²) in [5.74, 6) is -0.232. The van der Waals surface area contributed by atoms with Crippen LogP contribution in [0.3, 0.4) is 0 Å². The Morgan fingerprint density at radius 1 is 1.33 bits per heavy atom. The van der Waals surface area contributed by atoms with Gasteiger partial charge < -0.3 is 9.84 Å². The average molecular weight is 211 g/mol. The zero-order valence-electron chi connectivity index (χ0n) is 7.52. The maximum Gasteiger partial charge on any atom is 0.387 e. The minimum Gasteiger partial charge on any atom is -0.507 e. The van der Waals surface area contributed by atoms with E-state index < -0.39 is 6.61 Å². The van der Waals surface area contributed by atoms with E-state index in [-0.39, 0.29) is 11.5 Å². The Hall–Kier alpha value is -1.91. The molecule has 15 heavy (non-hydrogen) atoms. The summed E-state index contributed by atoms with van der Waals surface area (Å²) in [6.45, 7) is -2.91. The van der Waals surface area contributed by atoms with Gasteiger partial charge in [0.2, 0.25) is 0 Å². The highest BCUT2D eigenvalue weighted by Crippen LogP contribution is 2.29. The maximum absolute atomic E-state index is 11.9. The second-order valence-electron chi connectivity index (χ2n) is 2.89. The number of aromatic hydroxyl groups is 1. The smallest absolute Gasteiger partial charge is 0.387 e. The summed E-state index contributed by atoms with van der Waals surface area (Å²) in [6, 6.07) is 5.77. The van der Waals surface area contributed by atoms with Crippen molar-refractivity contribution < 1.29 is 18.6 Å². The fourth-order valence-corrected chi connectivity index (χ4v) is 1.31. The van der Waals surface area contributed by atoms with E-state index in [1.807, 2.05) is 0 Å². The summed E-state index contributed by atoms with van der Waals surface area (Å²) in [5.41, 5.74) is 0.410. The summed E-state index contributed by atoms with van der Waals surface area (Å²) < 4.78 is 28.0. The standard InChI is InChI=1S/C10H7F2NO2/c11-10(12)15-6-4-8-7(9(14)5-6)2-1-3-13-8/h1-5,10,14H. The first kappa shape index (κ1) is 9.64. The predicted octanol–water partition coefficient (Wildman–Crippen LogP) is 2.54. The molecular weight excluding hydrogens is 204 g/mol. The molecule has 3 nitrogen and oxygen atoms in total. The topological polar surface area (TPSA) is 42.4 Å². The molecule has 0 saturated heterocycles. The monoisotopic (exact) mass is 211 g/mol. The Bertz CT molecular complexity index is 488.